The zero-order valence-corrected chi connectivity index (χ0v) is 16.5. The van der Waals surface area contributed by atoms with Crippen molar-refractivity contribution in [1.29, 1.82) is 0 Å². The van der Waals surface area contributed by atoms with Crippen molar-refractivity contribution in [3.63, 3.8) is 0 Å². The van der Waals surface area contributed by atoms with Crippen molar-refractivity contribution < 1.29 is 9.53 Å². The Morgan fingerprint density at radius 1 is 1.28 bits per heavy atom. The minimum atomic E-state index is -0.674. The SMILES string of the molecule is COCCN(C(=O)[C@H]1CC=CCC1)c1c(N)n(Cc2ccccc2)c(=O)[nH]c1=O. The highest BCUT2D eigenvalue weighted by atomic mass is 16.5. The van der Waals surface area contributed by atoms with Gasteiger partial charge in [-0.2, -0.15) is 0 Å². The van der Waals surface area contributed by atoms with Crippen LogP contribution in [0.25, 0.3) is 0 Å². The number of aromatic amines is 1. The van der Waals surface area contributed by atoms with Crippen LogP contribution in [0.3, 0.4) is 0 Å². The second kappa shape index (κ2) is 9.38. The molecule has 0 saturated carbocycles. The topological polar surface area (TPSA) is 110 Å². The molecule has 8 nitrogen and oxygen atoms in total. The van der Waals surface area contributed by atoms with Gasteiger partial charge in [-0.15, -0.1) is 0 Å². The molecule has 1 amide bonds. The van der Waals surface area contributed by atoms with E-state index in [1.165, 1.54) is 16.6 Å². The monoisotopic (exact) mass is 398 g/mol. The van der Waals surface area contributed by atoms with Gasteiger partial charge in [-0.25, -0.2) is 4.79 Å². The predicted octanol–water partition coefficient (Wildman–Crippen LogP) is 1.50. The van der Waals surface area contributed by atoms with Gasteiger partial charge in [0, 0.05) is 19.6 Å². The molecule has 0 aliphatic heterocycles. The summed E-state index contributed by atoms with van der Waals surface area (Å²) in [5, 5.41) is 0. The van der Waals surface area contributed by atoms with Gasteiger partial charge in [0.05, 0.1) is 13.2 Å². The van der Waals surface area contributed by atoms with Gasteiger partial charge < -0.3 is 15.4 Å². The lowest BCUT2D eigenvalue weighted by atomic mass is 9.93. The first-order valence-corrected chi connectivity index (χ1v) is 9.64. The molecule has 2 aromatic rings. The molecule has 1 aromatic carbocycles. The lowest BCUT2D eigenvalue weighted by Crippen LogP contribution is -2.45. The quantitative estimate of drug-likeness (QED) is 0.687. The maximum absolute atomic E-state index is 13.2. The van der Waals surface area contributed by atoms with Crippen LogP contribution in [-0.2, 0) is 16.1 Å². The van der Waals surface area contributed by atoms with Gasteiger partial charge in [0.25, 0.3) is 5.56 Å². The van der Waals surface area contributed by atoms with Gasteiger partial charge in [0.2, 0.25) is 5.91 Å². The number of nitrogens with one attached hydrogen (secondary N) is 1. The normalized spacial score (nSPS) is 16.0. The summed E-state index contributed by atoms with van der Waals surface area (Å²) in [5.74, 6) is -0.447. The maximum Gasteiger partial charge on any atom is 0.330 e. The summed E-state index contributed by atoms with van der Waals surface area (Å²) < 4.78 is 6.41. The van der Waals surface area contributed by atoms with Crippen LogP contribution in [0.5, 0.6) is 0 Å². The standard InChI is InChI=1S/C21H26N4O4/c1-29-13-12-24(20(27)16-10-6-3-7-11-16)17-18(22)25(21(28)23-19(17)26)14-15-8-4-2-5-9-15/h2-6,8-9,16H,7,10-14,22H2,1H3,(H,23,26,28)/t16-/m0/s1. The van der Waals surface area contributed by atoms with Crippen molar-refractivity contribution in [1.82, 2.24) is 9.55 Å². The summed E-state index contributed by atoms with van der Waals surface area (Å²) in [4.78, 5) is 41.9. The number of carbonyl (C=O) groups is 1. The van der Waals surface area contributed by atoms with E-state index in [0.29, 0.717) is 12.8 Å². The second-order valence-electron chi connectivity index (χ2n) is 7.03. The molecule has 0 spiro atoms. The molecule has 0 unspecified atom stereocenters. The molecule has 3 N–H and O–H groups in total. The van der Waals surface area contributed by atoms with Crippen molar-refractivity contribution in [2.24, 2.45) is 5.92 Å². The number of carbonyl (C=O) groups excluding carboxylic acids is 1. The zero-order valence-electron chi connectivity index (χ0n) is 16.5. The Kier molecular flexibility index (Phi) is 6.66. The Bertz CT molecular complexity index is 994. The maximum atomic E-state index is 13.2. The summed E-state index contributed by atoms with van der Waals surface area (Å²) in [7, 11) is 1.52. The molecule has 1 heterocycles. The van der Waals surface area contributed by atoms with Crippen molar-refractivity contribution >= 4 is 17.4 Å². The van der Waals surface area contributed by atoms with Crippen LogP contribution < -0.4 is 21.9 Å². The van der Waals surface area contributed by atoms with E-state index in [0.717, 1.165) is 12.0 Å². The molecule has 1 atom stereocenters. The van der Waals surface area contributed by atoms with E-state index < -0.39 is 11.2 Å². The number of nitrogens with zero attached hydrogens (tertiary/aromatic N) is 2. The molecule has 0 saturated heterocycles. The summed E-state index contributed by atoms with van der Waals surface area (Å²) in [6.45, 7) is 0.602. The molecule has 154 valence electrons. The van der Waals surface area contributed by atoms with Crippen LogP contribution >= 0.6 is 0 Å². The molecule has 8 heteroatoms. The Hall–Kier alpha value is -3.13. The number of hydrogen-bond donors (Lipinski definition) is 2. The number of aromatic nitrogens is 2. The lowest BCUT2D eigenvalue weighted by molar-refractivity contribution is -0.122. The van der Waals surface area contributed by atoms with Crippen LogP contribution in [0.15, 0.2) is 52.1 Å². The zero-order chi connectivity index (χ0) is 20.8. The first kappa shape index (κ1) is 20.6. The van der Waals surface area contributed by atoms with Gasteiger partial charge in [-0.3, -0.25) is 19.1 Å². The molecule has 3 rings (SSSR count). The van der Waals surface area contributed by atoms with Crippen LogP contribution in [0.1, 0.15) is 24.8 Å². The van der Waals surface area contributed by atoms with Gasteiger partial charge in [0.15, 0.2) is 5.69 Å². The minimum absolute atomic E-state index is 0.00265. The fraction of sp³-hybridized carbons (Fsp3) is 0.381. The number of nitrogen functional groups attached to an aromatic ring is 1. The number of benzene rings is 1. The Morgan fingerprint density at radius 2 is 2.03 bits per heavy atom. The molecule has 0 fully saturated rings. The third kappa shape index (κ3) is 4.65. The highest BCUT2D eigenvalue weighted by Crippen LogP contribution is 2.25. The number of nitrogens with two attached hydrogens (primary N) is 1. The van der Waals surface area contributed by atoms with Crippen LogP contribution in [0, 0.1) is 5.92 Å². The van der Waals surface area contributed by atoms with E-state index in [-0.39, 0.29) is 43.0 Å². The number of rotatable bonds is 7. The van der Waals surface area contributed by atoms with Gasteiger partial charge >= 0.3 is 5.69 Å². The molecule has 29 heavy (non-hydrogen) atoms. The van der Waals surface area contributed by atoms with Crippen molar-refractivity contribution in [3.8, 4) is 0 Å². The average molecular weight is 398 g/mol. The number of anilines is 2. The summed E-state index contributed by atoms with van der Waals surface area (Å²) in [5.41, 5.74) is 5.83. The van der Waals surface area contributed by atoms with Gasteiger partial charge in [0.1, 0.15) is 5.82 Å². The number of H-pyrrole nitrogens is 1. The van der Waals surface area contributed by atoms with E-state index >= 15 is 0 Å². The van der Waals surface area contributed by atoms with Crippen molar-refractivity contribution in [2.45, 2.75) is 25.8 Å². The fourth-order valence-corrected chi connectivity index (χ4v) is 3.51. The van der Waals surface area contributed by atoms with Crippen LogP contribution in [0.2, 0.25) is 0 Å². The highest BCUT2D eigenvalue weighted by molar-refractivity contribution is 5.97. The molecular formula is C21H26N4O4. The van der Waals surface area contributed by atoms with Gasteiger partial charge in [-0.1, -0.05) is 42.5 Å². The van der Waals surface area contributed by atoms with E-state index in [1.54, 1.807) is 0 Å². The number of allylic oxidation sites excluding steroid dienone is 2. The number of methoxy groups -OCH3 is 1. The smallest absolute Gasteiger partial charge is 0.330 e. The number of ether oxygens (including phenoxy) is 1. The highest BCUT2D eigenvalue weighted by Gasteiger charge is 2.29. The van der Waals surface area contributed by atoms with Gasteiger partial charge in [-0.05, 0) is 24.8 Å². The van der Waals surface area contributed by atoms with E-state index in [2.05, 4.69) is 4.98 Å². The number of hydrogen-bond acceptors (Lipinski definition) is 5. The van der Waals surface area contributed by atoms with E-state index in [4.69, 9.17) is 10.5 Å². The third-order valence-corrected chi connectivity index (χ3v) is 5.07. The van der Waals surface area contributed by atoms with Crippen LogP contribution in [-0.4, -0.2) is 35.7 Å². The Labute approximate surface area is 168 Å². The van der Waals surface area contributed by atoms with Crippen molar-refractivity contribution in [3.05, 3.63) is 68.9 Å². The Balaban J connectivity index is 2.03. The molecule has 0 radical (unpaired) electrons. The molecule has 1 aliphatic carbocycles. The van der Waals surface area contributed by atoms with Crippen molar-refractivity contribution in [2.75, 3.05) is 30.9 Å². The molecule has 1 aliphatic rings. The average Bonchev–Trinajstić information content (AvgIpc) is 2.74. The first-order valence-electron chi connectivity index (χ1n) is 9.64. The third-order valence-electron chi connectivity index (χ3n) is 5.07. The number of amides is 1. The minimum Gasteiger partial charge on any atom is -0.383 e. The lowest BCUT2D eigenvalue weighted by Gasteiger charge is -2.28. The van der Waals surface area contributed by atoms with Crippen LogP contribution in [0.4, 0.5) is 11.5 Å². The predicted molar refractivity (Wildman–Crippen MR) is 112 cm³/mol. The Morgan fingerprint density at radius 3 is 2.69 bits per heavy atom. The van der Waals surface area contributed by atoms with E-state index in [1.807, 2.05) is 42.5 Å². The molecule has 1 aromatic heterocycles. The summed E-state index contributed by atoms with van der Waals surface area (Å²) >= 11 is 0. The molecular weight excluding hydrogens is 372 g/mol. The summed E-state index contributed by atoms with van der Waals surface area (Å²) in [6.07, 6.45) is 6.16. The second-order valence-corrected chi connectivity index (χ2v) is 7.03. The first-order chi connectivity index (χ1) is 14.0. The molecule has 0 bridgehead atoms. The largest absolute Gasteiger partial charge is 0.383 e. The van der Waals surface area contributed by atoms with E-state index in [9.17, 15) is 14.4 Å². The fourth-order valence-electron chi connectivity index (χ4n) is 3.51. The summed E-state index contributed by atoms with van der Waals surface area (Å²) in [6, 6.07) is 9.30.